The van der Waals surface area contributed by atoms with E-state index >= 15 is 0 Å². The fourth-order valence-corrected chi connectivity index (χ4v) is 3.06. The molecule has 6 nitrogen and oxygen atoms in total. The molecular weight excluding hydrogens is 318 g/mol. The zero-order valence-corrected chi connectivity index (χ0v) is 14.0. The first-order chi connectivity index (χ1) is 12.1. The predicted octanol–water partition coefficient (Wildman–Crippen LogP) is 2.49. The average molecular weight is 337 g/mol. The third kappa shape index (κ3) is 3.07. The summed E-state index contributed by atoms with van der Waals surface area (Å²) in [5.74, 6) is 0.662. The van der Waals surface area contributed by atoms with Crippen molar-refractivity contribution in [2.24, 2.45) is 0 Å². The number of aromatic nitrogens is 2. The largest absolute Gasteiger partial charge is 0.467 e. The second kappa shape index (κ2) is 6.20. The van der Waals surface area contributed by atoms with E-state index in [0.29, 0.717) is 17.4 Å². The van der Waals surface area contributed by atoms with Crippen molar-refractivity contribution in [1.82, 2.24) is 14.5 Å². The lowest BCUT2D eigenvalue weighted by atomic mass is 10.1. The molecule has 2 heterocycles. The van der Waals surface area contributed by atoms with E-state index in [0.717, 1.165) is 24.2 Å². The fourth-order valence-electron chi connectivity index (χ4n) is 3.06. The van der Waals surface area contributed by atoms with Gasteiger partial charge in [0, 0.05) is 6.04 Å². The van der Waals surface area contributed by atoms with Crippen molar-refractivity contribution in [3.8, 4) is 0 Å². The van der Waals surface area contributed by atoms with E-state index in [1.54, 1.807) is 17.2 Å². The number of nitrogens with zero attached hydrogens (tertiary/aromatic N) is 3. The first-order valence-corrected chi connectivity index (χ1v) is 8.40. The van der Waals surface area contributed by atoms with Crippen LogP contribution >= 0.6 is 0 Å². The highest BCUT2D eigenvalue weighted by atomic mass is 16.3. The molecule has 6 heteroatoms. The molecule has 128 valence electrons. The predicted molar refractivity (Wildman–Crippen MR) is 93.0 cm³/mol. The molecule has 0 atom stereocenters. The van der Waals surface area contributed by atoms with E-state index in [2.05, 4.69) is 4.98 Å². The summed E-state index contributed by atoms with van der Waals surface area (Å²) in [6.07, 6.45) is 5.06. The van der Waals surface area contributed by atoms with Crippen LogP contribution in [0.5, 0.6) is 0 Å². The molecule has 0 spiro atoms. The maximum atomic E-state index is 12.8. The van der Waals surface area contributed by atoms with E-state index in [9.17, 15) is 9.59 Å². The van der Waals surface area contributed by atoms with Crippen molar-refractivity contribution >= 4 is 16.8 Å². The van der Waals surface area contributed by atoms with Crippen LogP contribution < -0.4 is 5.56 Å². The highest BCUT2D eigenvalue weighted by Crippen LogP contribution is 2.28. The summed E-state index contributed by atoms with van der Waals surface area (Å²) in [4.78, 5) is 31.6. The second-order valence-corrected chi connectivity index (χ2v) is 6.48. The van der Waals surface area contributed by atoms with Crippen LogP contribution in [0.1, 0.15) is 24.2 Å². The Hall–Kier alpha value is -2.89. The molecule has 0 N–H and O–H groups in total. The van der Waals surface area contributed by atoms with Gasteiger partial charge < -0.3 is 9.32 Å². The van der Waals surface area contributed by atoms with Gasteiger partial charge in [0.25, 0.3) is 5.56 Å². The van der Waals surface area contributed by atoms with Crippen LogP contribution in [-0.4, -0.2) is 26.4 Å². The molecule has 0 saturated heterocycles. The van der Waals surface area contributed by atoms with Crippen molar-refractivity contribution in [3.05, 3.63) is 64.6 Å². The van der Waals surface area contributed by atoms with E-state index in [-0.39, 0.29) is 24.1 Å². The number of amides is 1. The topological polar surface area (TPSA) is 68.3 Å². The monoisotopic (exact) mass is 337 g/mol. The van der Waals surface area contributed by atoms with E-state index < -0.39 is 0 Å². The lowest BCUT2D eigenvalue weighted by molar-refractivity contribution is -0.133. The number of rotatable bonds is 5. The SMILES string of the molecule is Cc1cccc2c(=O)n(CC(=O)N(Cc3ccco3)C3CC3)cnc12. The summed E-state index contributed by atoms with van der Waals surface area (Å²) in [6.45, 7) is 2.35. The maximum Gasteiger partial charge on any atom is 0.261 e. The van der Waals surface area contributed by atoms with E-state index in [4.69, 9.17) is 4.42 Å². The summed E-state index contributed by atoms with van der Waals surface area (Å²) in [5, 5.41) is 0.541. The maximum absolute atomic E-state index is 12.8. The van der Waals surface area contributed by atoms with Crippen molar-refractivity contribution in [1.29, 1.82) is 0 Å². The zero-order chi connectivity index (χ0) is 17.4. The van der Waals surface area contributed by atoms with Crippen LogP contribution in [0.4, 0.5) is 0 Å². The van der Waals surface area contributed by atoms with Crippen LogP contribution in [0.3, 0.4) is 0 Å². The molecule has 1 aliphatic rings. The summed E-state index contributed by atoms with van der Waals surface area (Å²) >= 11 is 0. The van der Waals surface area contributed by atoms with Gasteiger partial charge in [0.05, 0.1) is 30.0 Å². The summed E-state index contributed by atoms with van der Waals surface area (Å²) in [6, 6.07) is 9.41. The minimum absolute atomic E-state index is 0.00702. The molecular formula is C19H19N3O3. The van der Waals surface area contributed by atoms with Gasteiger partial charge in [-0.1, -0.05) is 12.1 Å². The first-order valence-electron chi connectivity index (χ1n) is 8.40. The number of carbonyl (C=O) groups is 1. The molecule has 0 unspecified atom stereocenters. The van der Waals surface area contributed by atoms with Gasteiger partial charge in [0.1, 0.15) is 12.3 Å². The number of carbonyl (C=O) groups excluding carboxylic acids is 1. The zero-order valence-electron chi connectivity index (χ0n) is 14.0. The average Bonchev–Trinajstić information content (AvgIpc) is 3.31. The van der Waals surface area contributed by atoms with Gasteiger partial charge in [-0.3, -0.25) is 14.2 Å². The quantitative estimate of drug-likeness (QED) is 0.717. The Balaban J connectivity index is 1.60. The van der Waals surface area contributed by atoms with Gasteiger partial charge in [0.2, 0.25) is 5.91 Å². The van der Waals surface area contributed by atoms with Crippen LogP contribution in [0, 0.1) is 6.92 Å². The Morgan fingerprint density at radius 2 is 2.16 bits per heavy atom. The van der Waals surface area contributed by atoms with Gasteiger partial charge >= 0.3 is 0 Å². The number of aryl methyl sites for hydroxylation is 1. The highest BCUT2D eigenvalue weighted by Gasteiger charge is 2.33. The van der Waals surface area contributed by atoms with Gasteiger partial charge in [-0.05, 0) is 43.5 Å². The van der Waals surface area contributed by atoms with Crippen molar-refractivity contribution in [2.75, 3.05) is 0 Å². The molecule has 0 radical (unpaired) electrons. The normalized spacial score (nSPS) is 14.0. The molecule has 0 aliphatic heterocycles. The molecule has 2 aromatic heterocycles. The molecule has 1 aliphatic carbocycles. The third-order valence-electron chi connectivity index (χ3n) is 4.58. The van der Waals surface area contributed by atoms with Gasteiger partial charge in [-0.15, -0.1) is 0 Å². The highest BCUT2D eigenvalue weighted by molar-refractivity contribution is 5.81. The fraction of sp³-hybridized carbons (Fsp3) is 0.316. The Kier molecular flexibility index (Phi) is 3.87. The molecule has 4 rings (SSSR count). The number of hydrogen-bond acceptors (Lipinski definition) is 4. The van der Waals surface area contributed by atoms with Crippen LogP contribution in [0.2, 0.25) is 0 Å². The molecule has 1 aromatic carbocycles. The summed E-state index contributed by atoms with van der Waals surface area (Å²) in [5.41, 5.74) is 1.45. The Bertz CT molecular complexity index is 971. The van der Waals surface area contributed by atoms with Crippen molar-refractivity contribution in [3.63, 3.8) is 0 Å². The number of benzene rings is 1. The number of para-hydroxylation sites is 1. The van der Waals surface area contributed by atoms with E-state index in [1.165, 1.54) is 10.9 Å². The summed E-state index contributed by atoms with van der Waals surface area (Å²) in [7, 11) is 0. The summed E-state index contributed by atoms with van der Waals surface area (Å²) < 4.78 is 6.75. The standard InChI is InChI=1S/C19H19N3O3/c1-13-4-2-6-16-18(13)20-12-21(19(16)24)11-17(23)22(14-7-8-14)10-15-5-3-9-25-15/h2-6,9,12,14H,7-8,10-11H2,1H3. The molecule has 25 heavy (non-hydrogen) atoms. The van der Waals surface area contributed by atoms with Crippen molar-refractivity contribution < 1.29 is 9.21 Å². The van der Waals surface area contributed by atoms with E-state index in [1.807, 2.05) is 31.2 Å². The molecule has 1 amide bonds. The first kappa shape index (κ1) is 15.6. The smallest absolute Gasteiger partial charge is 0.261 e. The molecule has 0 bridgehead atoms. The Labute approximate surface area is 144 Å². The number of furan rings is 1. The third-order valence-corrected chi connectivity index (χ3v) is 4.58. The minimum Gasteiger partial charge on any atom is -0.467 e. The van der Waals surface area contributed by atoms with Gasteiger partial charge in [0.15, 0.2) is 0 Å². The molecule has 3 aromatic rings. The molecule has 1 saturated carbocycles. The van der Waals surface area contributed by atoms with Crippen LogP contribution in [0.25, 0.3) is 10.9 Å². The van der Waals surface area contributed by atoms with Crippen molar-refractivity contribution in [2.45, 2.75) is 38.9 Å². The van der Waals surface area contributed by atoms with Gasteiger partial charge in [-0.2, -0.15) is 0 Å². The minimum atomic E-state index is -0.184. The number of fused-ring (bicyclic) bond motifs is 1. The Morgan fingerprint density at radius 1 is 1.32 bits per heavy atom. The van der Waals surface area contributed by atoms with Gasteiger partial charge in [-0.25, -0.2) is 4.98 Å². The number of hydrogen-bond donors (Lipinski definition) is 0. The molecule has 1 fully saturated rings. The van der Waals surface area contributed by atoms with Crippen LogP contribution in [0.15, 0.2) is 52.1 Å². The lowest BCUT2D eigenvalue weighted by Crippen LogP contribution is -2.37. The lowest BCUT2D eigenvalue weighted by Gasteiger charge is -2.21. The second-order valence-electron chi connectivity index (χ2n) is 6.48. The Morgan fingerprint density at radius 3 is 2.88 bits per heavy atom. The van der Waals surface area contributed by atoms with Crippen LogP contribution in [-0.2, 0) is 17.9 Å².